The van der Waals surface area contributed by atoms with Crippen LogP contribution in [0.3, 0.4) is 0 Å². The summed E-state index contributed by atoms with van der Waals surface area (Å²) in [6.45, 7) is 4.31. The number of rotatable bonds is 7. The van der Waals surface area contributed by atoms with Gasteiger partial charge in [0.15, 0.2) is 0 Å². The van der Waals surface area contributed by atoms with E-state index in [0.29, 0.717) is 17.0 Å². The van der Waals surface area contributed by atoms with Gasteiger partial charge in [-0.25, -0.2) is 0 Å². The second kappa shape index (κ2) is 8.87. The third-order valence-electron chi connectivity index (χ3n) is 4.54. The number of ether oxygens (including phenoxy) is 2. The molecule has 7 nitrogen and oxygen atoms in total. The molecule has 1 fully saturated rings. The Morgan fingerprint density at radius 2 is 1.90 bits per heavy atom. The molecule has 3 rings (SSSR count). The van der Waals surface area contributed by atoms with Crippen molar-refractivity contribution in [3.8, 4) is 5.75 Å². The Balaban J connectivity index is 2.05. The number of pyridine rings is 1. The van der Waals surface area contributed by atoms with Crippen molar-refractivity contribution in [2.24, 2.45) is 0 Å². The standard InChI is InChI=1S/C22H24N2O5/c1-14(2)29-16-9-7-15(8-10-16)20(25)18-19(17-6-4-5-11-23-17)24(12-13-28-3)22(27)21(18)26/h4-11,14,19,25H,12-13H2,1-3H3/b20-18-. The third-order valence-corrected chi connectivity index (χ3v) is 4.54. The first-order valence-electron chi connectivity index (χ1n) is 9.39. The molecule has 1 saturated heterocycles. The zero-order valence-electron chi connectivity index (χ0n) is 16.7. The number of likely N-dealkylation sites (tertiary alicyclic amines) is 1. The van der Waals surface area contributed by atoms with Crippen LogP contribution in [0.25, 0.3) is 5.76 Å². The molecule has 0 bridgehead atoms. The summed E-state index contributed by atoms with van der Waals surface area (Å²) in [6.07, 6.45) is 1.61. The number of aromatic nitrogens is 1. The lowest BCUT2D eigenvalue weighted by Crippen LogP contribution is -2.33. The summed E-state index contributed by atoms with van der Waals surface area (Å²) in [4.78, 5) is 31.1. The van der Waals surface area contributed by atoms with Crippen LogP contribution < -0.4 is 4.74 Å². The first-order chi connectivity index (χ1) is 13.9. The normalized spacial score (nSPS) is 18.5. The second-order valence-electron chi connectivity index (χ2n) is 6.93. The van der Waals surface area contributed by atoms with Gasteiger partial charge in [-0.15, -0.1) is 0 Å². The first kappa shape index (κ1) is 20.5. The number of nitrogens with zero attached hydrogens (tertiary/aromatic N) is 2. The van der Waals surface area contributed by atoms with Crippen LogP contribution in [0.4, 0.5) is 0 Å². The maximum atomic E-state index is 12.8. The maximum Gasteiger partial charge on any atom is 0.295 e. The molecular formula is C22H24N2O5. The zero-order valence-corrected chi connectivity index (χ0v) is 16.7. The number of carbonyl (C=O) groups excluding carboxylic acids is 2. The highest BCUT2D eigenvalue weighted by Crippen LogP contribution is 2.38. The number of benzene rings is 1. The van der Waals surface area contributed by atoms with Gasteiger partial charge < -0.3 is 19.5 Å². The summed E-state index contributed by atoms with van der Waals surface area (Å²) in [7, 11) is 1.52. The fourth-order valence-electron chi connectivity index (χ4n) is 3.26. The van der Waals surface area contributed by atoms with Crippen molar-refractivity contribution in [3.63, 3.8) is 0 Å². The van der Waals surface area contributed by atoms with E-state index in [0.717, 1.165) is 0 Å². The molecule has 1 N–H and O–H groups in total. The van der Waals surface area contributed by atoms with E-state index in [1.54, 1.807) is 48.7 Å². The molecule has 1 aliphatic rings. The molecule has 7 heteroatoms. The second-order valence-corrected chi connectivity index (χ2v) is 6.93. The smallest absolute Gasteiger partial charge is 0.295 e. The minimum atomic E-state index is -0.780. The van der Waals surface area contributed by atoms with E-state index in [-0.39, 0.29) is 30.6 Å². The molecule has 1 aliphatic heterocycles. The van der Waals surface area contributed by atoms with Crippen LogP contribution in [0.5, 0.6) is 5.75 Å². The van der Waals surface area contributed by atoms with Gasteiger partial charge in [0, 0.05) is 25.4 Å². The van der Waals surface area contributed by atoms with Crippen LogP contribution in [0.2, 0.25) is 0 Å². The molecular weight excluding hydrogens is 372 g/mol. The molecule has 0 aliphatic carbocycles. The van der Waals surface area contributed by atoms with E-state index in [4.69, 9.17) is 9.47 Å². The van der Waals surface area contributed by atoms with Crippen molar-refractivity contribution < 1.29 is 24.2 Å². The number of aliphatic hydroxyl groups excluding tert-OH is 1. The summed E-state index contributed by atoms with van der Waals surface area (Å²) in [5.74, 6) is -1.01. The van der Waals surface area contributed by atoms with Crippen LogP contribution in [-0.2, 0) is 14.3 Å². The van der Waals surface area contributed by atoms with Crippen molar-refractivity contribution in [2.75, 3.05) is 20.3 Å². The molecule has 1 aromatic carbocycles. The lowest BCUT2D eigenvalue weighted by atomic mass is 9.98. The van der Waals surface area contributed by atoms with Crippen molar-refractivity contribution in [2.45, 2.75) is 26.0 Å². The van der Waals surface area contributed by atoms with Crippen LogP contribution in [0.1, 0.15) is 31.1 Å². The fourth-order valence-corrected chi connectivity index (χ4v) is 3.26. The van der Waals surface area contributed by atoms with E-state index in [1.165, 1.54) is 12.0 Å². The zero-order chi connectivity index (χ0) is 21.0. The number of Topliss-reactive ketones (excluding diaryl/α,β-unsaturated/α-hetero) is 1. The summed E-state index contributed by atoms with van der Waals surface area (Å²) in [6, 6.07) is 11.2. The van der Waals surface area contributed by atoms with Gasteiger partial charge in [-0.3, -0.25) is 14.6 Å². The van der Waals surface area contributed by atoms with E-state index in [1.807, 2.05) is 13.8 Å². The predicted octanol–water partition coefficient (Wildman–Crippen LogP) is 2.94. The Bertz CT molecular complexity index is 907. The Morgan fingerprint density at radius 1 is 1.17 bits per heavy atom. The minimum absolute atomic E-state index is 0.0160. The third kappa shape index (κ3) is 4.30. The van der Waals surface area contributed by atoms with Crippen LogP contribution in [0.15, 0.2) is 54.2 Å². The molecule has 2 aromatic rings. The molecule has 1 atom stereocenters. The van der Waals surface area contributed by atoms with Gasteiger partial charge in [-0.2, -0.15) is 0 Å². The van der Waals surface area contributed by atoms with Crippen LogP contribution in [0, 0.1) is 0 Å². The van der Waals surface area contributed by atoms with Gasteiger partial charge >= 0.3 is 0 Å². The highest BCUT2D eigenvalue weighted by atomic mass is 16.5. The molecule has 29 heavy (non-hydrogen) atoms. The Kier molecular flexibility index (Phi) is 6.29. The van der Waals surface area contributed by atoms with Crippen molar-refractivity contribution in [3.05, 3.63) is 65.5 Å². The van der Waals surface area contributed by atoms with Crippen LogP contribution >= 0.6 is 0 Å². The molecule has 152 valence electrons. The molecule has 1 unspecified atom stereocenters. The van der Waals surface area contributed by atoms with Gasteiger partial charge in [0.25, 0.3) is 11.7 Å². The van der Waals surface area contributed by atoms with Gasteiger partial charge in [-0.05, 0) is 50.2 Å². The van der Waals surface area contributed by atoms with Gasteiger partial charge in [0.1, 0.15) is 17.6 Å². The monoisotopic (exact) mass is 396 g/mol. The first-order valence-corrected chi connectivity index (χ1v) is 9.39. The lowest BCUT2D eigenvalue weighted by molar-refractivity contribution is -0.140. The van der Waals surface area contributed by atoms with E-state index >= 15 is 0 Å². The number of aliphatic hydroxyl groups is 1. The fraction of sp³-hybridized carbons (Fsp3) is 0.318. The van der Waals surface area contributed by atoms with E-state index in [2.05, 4.69) is 4.98 Å². The predicted molar refractivity (Wildman–Crippen MR) is 107 cm³/mol. The number of hydrogen-bond acceptors (Lipinski definition) is 6. The maximum absolute atomic E-state index is 12.8. The van der Waals surface area contributed by atoms with Gasteiger partial charge in [0.05, 0.1) is 24.0 Å². The van der Waals surface area contributed by atoms with E-state index in [9.17, 15) is 14.7 Å². The SMILES string of the molecule is COCCN1C(=O)C(=O)/C(=C(\O)c2ccc(OC(C)C)cc2)C1c1ccccn1. The molecule has 0 saturated carbocycles. The van der Waals surface area contributed by atoms with Crippen molar-refractivity contribution in [1.82, 2.24) is 9.88 Å². The van der Waals surface area contributed by atoms with Crippen molar-refractivity contribution >= 4 is 17.4 Å². The van der Waals surface area contributed by atoms with Gasteiger partial charge in [-0.1, -0.05) is 6.07 Å². The lowest BCUT2D eigenvalue weighted by Gasteiger charge is -2.24. The number of carbonyl (C=O) groups is 2. The summed E-state index contributed by atoms with van der Waals surface area (Å²) < 4.78 is 10.7. The molecule has 0 radical (unpaired) electrons. The summed E-state index contributed by atoms with van der Waals surface area (Å²) >= 11 is 0. The minimum Gasteiger partial charge on any atom is -0.507 e. The number of ketones is 1. The quantitative estimate of drug-likeness (QED) is 0.440. The summed E-state index contributed by atoms with van der Waals surface area (Å²) in [5.41, 5.74) is 0.943. The highest BCUT2D eigenvalue weighted by molar-refractivity contribution is 6.46. The van der Waals surface area contributed by atoms with Gasteiger partial charge in [0.2, 0.25) is 0 Å². The van der Waals surface area contributed by atoms with Crippen molar-refractivity contribution in [1.29, 1.82) is 0 Å². The van der Waals surface area contributed by atoms with Crippen LogP contribution in [-0.4, -0.2) is 53.0 Å². The highest BCUT2D eigenvalue weighted by Gasteiger charge is 2.46. The number of amides is 1. The Morgan fingerprint density at radius 3 is 2.48 bits per heavy atom. The molecule has 1 aromatic heterocycles. The average Bonchev–Trinajstić information content (AvgIpc) is 2.97. The Hall–Kier alpha value is -3.19. The largest absolute Gasteiger partial charge is 0.507 e. The van der Waals surface area contributed by atoms with E-state index < -0.39 is 17.7 Å². The number of methoxy groups -OCH3 is 1. The molecule has 2 heterocycles. The number of hydrogen-bond donors (Lipinski definition) is 1. The Labute approximate surface area is 169 Å². The molecule has 1 amide bonds. The summed E-state index contributed by atoms with van der Waals surface area (Å²) in [5, 5.41) is 10.9. The average molecular weight is 396 g/mol. The topological polar surface area (TPSA) is 89.0 Å². The molecule has 0 spiro atoms.